The summed E-state index contributed by atoms with van der Waals surface area (Å²) in [7, 11) is 1.61. The van der Waals surface area contributed by atoms with E-state index in [0.717, 1.165) is 24.2 Å². The number of ether oxygens (including phenoxy) is 2. The molecule has 6 nitrogen and oxygen atoms in total. The molecule has 0 saturated heterocycles. The summed E-state index contributed by atoms with van der Waals surface area (Å²) in [5.74, 6) is 0.352. The maximum atomic E-state index is 12.5. The SMILES string of the molecule is COc1ccccc1C(C)Oc1ccc(C(=O)NC[C@H]2CC[C@H](C(=O)O)CC2)cc1Cl. The fraction of sp³-hybridized carbons (Fsp3) is 0.417. The molecule has 3 rings (SSSR count). The van der Waals surface area contributed by atoms with Gasteiger partial charge in [-0.25, -0.2) is 0 Å². The van der Waals surface area contributed by atoms with Gasteiger partial charge in [-0.3, -0.25) is 9.59 Å². The zero-order valence-electron chi connectivity index (χ0n) is 17.8. The van der Waals surface area contributed by atoms with E-state index in [1.165, 1.54) is 0 Å². The van der Waals surface area contributed by atoms with E-state index in [-0.39, 0.29) is 17.9 Å². The van der Waals surface area contributed by atoms with Crippen LogP contribution in [0.5, 0.6) is 11.5 Å². The Kier molecular flexibility index (Phi) is 7.80. The van der Waals surface area contributed by atoms with Crippen LogP contribution in [0.15, 0.2) is 42.5 Å². The van der Waals surface area contributed by atoms with Crippen molar-refractivity contribution < 1.29 is 24.2 Å². The van der Waals surface area contributed by atoms with E-state index in [9.17, 15) is 9.59 Å². The third kappa shape index (κ3) is 5.91. The summed E-state index contributed by atoms with van der Waals surface area (Å²) < 4.78 is 11.4. The average Bonchev–Trinajstić information content (AvgIpc) is 2.78. The number of hydrogen-bond donors (Lipinski definition) is 2. The molecule has 2 N–H and O–H groups in total. The zero-order chi connectivity index (χ0) is 22.4. The van der Waals surface area contributed by atoms with E-state index in [1.54, 1.807) is 25.3 Å². The third-order valence-electron chi connectivity index (χ3n) is 5.82. The van der Waals surface area contributed by atoms with Gasteiger partial charge in [-0.05, 0) is 62.8 Å². The molecule has 0 heterocycles. The first-order chi connectivity index (χ1) is 14.9. The molecule has 0 spiro atoms. The van der Waals surface area contributed by atoms with Gasteiger partial charge in [0.25, 0.3) is 5.91 Å². The highest BCUT2D eigenvalue weighted by Crippen LogP contribution is 2.33. The summed E-state index contributed by atoms with van der Waals surface area (Å²) in [5.41, 5.74) is 1.36. The standard InChI is InChI=1S/C24H28ClNO5/c1-15(19-5-3-4-6-21(19)30-2)31-22-12-11-18(13-20(22)25)23(27)26-14-16-7-9-17(10-8-16)24(28)29/h3-6,11-13,15-17H,7-10,14H2,1-2H3,(H,26,27)(H,28,29)/t15?,16-,17-. The Morgan fingerprint density at radius 1 is 1.13 bits per heavy atom. The normalized spacial score (nSPS) is 19.3. The molecule has 0 aliphatic heterocycles. The molecule has 0 aromatic heterocycles. The molecule has 7 heteroatoms. The van der Waals surface area contributed by atoms with Gasteiger partial charge in [0.1, 0.15) is 17.6 Å². The van der Waals surface area contributed by atoms with Crippen LogP contribution in [0, 0.1) is 11.8 Å². The number of para-hydroxylation sites is 1. The summed E-state index contributed by atoms with van der Waals surface area (Å²) in [4.78, 5) is 23.6. The van der Waals surface area contributed by atoms with Crippen molar-refractivity contribution >= 4 is 23.5 Å². The van der Waals surface area contributed by atoms with Crippen LogP contribution in [0.25, 0.3) is 0 Å². The summed E-state index contributed by atoms with van der Waals surface area (Å²) in [6.45, 7) is 2.44. The number of amides is 1. The molecule has 0 radical (unpaired) electrons. The van der Waals surface area contributed by atoms with Crippen molar-refractivity contribution in [2.75, 3.05) is 13.7 Å². The molecule has 1 amide bonds. The van der Waals surface area contributed by atoms with Gasteiger partial charge >= 0.3 is 5.97 Å². The molecule has 0 bridgehead atoms. The second-order valence-corrected chi connectivity index (χ2v) is 8.32. The third-order valence-corrected chi connectivity index (χ3v) is 6.12. The van der Waals surface area contributed by atoms with E-state index in [1.807, 2.05) is 31.2 Å². The number of methoxy groups -OCH3 is 1. The summed E-state index contributed by atoms with van der Waals surface area (Å²) in [6, 6.07) is 12.6. The molecule has 1 aliphatic carbocycles. The van der Waals surface area contributed by atoms with Crippen molar-refractivity contribution in [1.29, 1.82) is 0 Å². The lowest BCUT2D eigenvalue weighted by atomic mass is 9.82. The molecule has 2 aromatic rings. The van der Waals surface area contributed by atoms with Crippen LogP contribution in [0.2, 0.25) is 5.02 Å². The first kappa shape index (κ1) is 22.9. The lowest BCUT2D eigenvalue weighted by Gasteiger charge is -2.26. The average molecular weight is 446 g/mol. The molecule has 1 atom stereocenters. The van der Waals surface area contributed by atoms with Crippen LogP contribution >= 0.6 is 11.6 Å². The molecule has 1 fully saturated rings. The van der Waals surface area contributed by atoms with Crippen molar-refractivity contribution in [1.82, 2.24) is 5.32 Å². The monoisotopic (exact) mass is 445 g/mol. The smallest absolute Gasteiger partial charge is 0.306 e. The van der Waals surface area contributed by atoms with Gasteiger partial charge in [-0.15, -0.1) is 0 Å². The number of carbonyl (C=O) groups is 2. The Labute approximate surface area is 187 Å². The molecule has 1 saturated carbocycles. The molecule has 1 unspecified atom stereocenters. The van der Waals surface area contributed by atoms with Gasteiger partial charge in [0, 0.05) is 17.7 Å². The van der Waals surface area contributed by atoms with Gasteiger partial charge in [-0.1, -0.05) is 29.8 Å². The van der Waals surface area contributed by atoms with Crippen molar-refractivity contribution in [2.45, 2.75) is 38.7 Å². The summed E-state index contributed by atoms with van der Waals surface area (Å²) in [5, 5.41) is 12.4. The van der Waals surface area contributed by atoms with Crippen molar-refractivity contribution in [3.8, 4) is 11.5 Å². The number of carboxylic acids is 1. The predicted molar refractivity (Wildman–Crippen MR) is 119 cm³/mol. The largest absolute Gasteiger partial charge is 0.496 e. The number of nitrogens with one attached hydrogen (secondary N) is 1. The minimum absolute atomic E-state index is 0.202. The molecule has 2 aromatic carbocycles. The Balaban J connectivity index is 1.56. The van der Waals surface area contributed by atoms with E-state index < -0.39 is 5.97 Å². The van der Waals surface area contributed by atoms with Gasteiger partial charge < -0.3 is 19.9 Å². The van der Waals surface area contributed by atoms with Crippen LogP contribution < -0.4 is 14.8 Å². The number of hydrogen-bond acceptors (Lipinski definition) is 4. The highest BCUT2D eigenvalue weighted by atomic mass is 35.5. The van der Waals surface area contributed by atoms with Gasteiger partial charge in [0.05, 0.1) is 18.1 Å². The number of aliphatic carboxylic acids is 1. The zero-order valence-corrected chi connectivity index (χ0v) is 18.5. The van der Waals surface area contributed by atoms with Crippen LogP contribution in [0.1, 0.15) is 54.6 Å². The lowest BCUT2D eigenvalue weighted by molar-refractivity contribution is -0.143. The van der Waals surface area contributed by atoms with Crippen LogP contribution in [-0.2, 0) is 4.79 Å². The highest BCUT2D eigenvalue weighted by molar-refractivity contribution is 6.32. The topological polar surface area (TPSA) is 84.9 Å². The molecule has 31 heavy (non-hydrogen) atoms. The maximum Gasteiger partial charge on any atom is 0.306 e. The van der Waals surface area contributed by atoms with Gasteiger partial charge in [0.15, 0.2) is 0 Å². The van der Waals surface area contributed by atoms with E-state index in [4.69, 9.17) is 26.2 Å². The second kappa shape index (κ2) is 10.5. The summed E-state index contributed by atoms with van der Waals surface area (Å²) >= 11 is 6.38. The number of benzene rings is 2. The first-order valence-electron chi connectivity index (χ1n) is 10.5. The van der Waals surface area contributed by atoms with E-state index in [0.29, 0.717) is 41.6 Å². The lowest BCUT2D eigenvalue weighted by Crippen LogP contribution is -2.32. The Morgan fingerprint density at radius 2 is 1.84 bits per heavy atom. The van der Waals surface area contributed by atoms with Crippen LogP contribution in [0.3, 0.4) is 0 Å². The summed E-state index contributed by atoms with van der Waals surface area (Å²) in [6.07, 6.45) is 2.67. The number of halogens is 1. The molecule has 166 valence electrons. The second-order valence-electron chi connectivity index (χ2n) is 7.91. The number of rotatable bonds is 8. The minimum Gasteiger partial charge on any atom is -0.496 e. The van der Waals surface area contributed by atoms with E-state index in [2.05, 4.69) is 5.32 Å². The van der Waals surface area contributed by atoms with Crippen molar-refractivity contribution in [3.63, 3.8) is 0 Å². The van der Waals surface area contributed by atoms with Gasteiger partial charge in [0.2, 0.25) is 0 Å². The highest BCUT2D eigenvalue weighted by Gasteiger charge is 2.26. The Morgan fingerprint density at radius 3 is 2.48 bits per heavy atom. The number of carboxylic acid groups (broad SMARTS) is 1. The Bertz CT molecular complexity index is 924. The van der Waals surface area contributed by atoms with E-state index >= 15 is 0 Å². The number of carbonyl (C=O) groups excluding carboxylic acids is 1. The Hall–Kier alpha value is -2.73. The van der Waals surface area contributed by atoms with Crippen LogP contribution in [-0.4, -0.2) is 30.6 Å². The quantitative estimate of drug-likeness (QED) is 0.589. The minimum atomic E-state index is -0.723. The molecular formula is C24H28ClNO5. The van der Waals surface area contributed by atoms with Crippen molar-refractivity contribution in [2.24, 2.45) is 11.8 Å². The van der Waals surface area contributed by atoms with Crippen molar-refractivity contribution in [3.05, 3.63) is 58.6 Å². The fourth-order valence-electron chi connectivity index (χ4n) is 3.95. The van der Waals surface area contributed by atoms with Gasteiger partial charge in [-0.2, -0.15) is 0 Å². The maximum absolute atomic E-state index is 12.5. The fourth-order valence-corrected chi connectivity index (χ4v) is 4.17. The van der Waals surface area contributed by atoms with Crippen LogP contribution in [0.4, 0.5) is 0 Å². The molecule has 1 aliphatic rings. The molecular weight excluding hydrogens is 418 g/mol. The predicted octanol–water partition coefficient (Wildman–Crippen LogP) is 5.11. The first-order valence-corrected chi connectivity index (χ1v) is 10.9.